The van der Waals surface area contributed by atoms with Gasteiger partial charge in [-0.2, -0.15) is 0 Å². The van der Waals surface area contributed by atoms with Gasteiger partial charge in [-0.25, -0.2) is 4.99 Å². The normalized spacial score (nSPS) is 17.1. The molecule has 0 aromatic heterocycles. The number of Topliss-reactive ketones (excluding diaryl/α,β-unsaturated/α-hetero) is 1. The van der Waals surface area contributed by atoms with Crippen LogP contribution in [-0.2, 0) is 9.59 Å². The van der Waals surface area contributed by atoms with Crippen LogP contribution in [0.4, 0.5) is 11.4 Å². The van der Waals surface area contributed by atoms with E-state index in [1.165, 1.54) is 23.6 Å². The summed E-state index contributed by atoms with van der Waals surface area (Å²) in [4.78, 5) is 42.9. The molecule has 1 saturated heterocycles. The maximum atomic E-state index is 12.9. The number of halogens is 1. The van der Waals surface area contributed by atoms with E-state index < -0.39 is 5.25 Å². The van der Waals surface area contributed by atoms with E-state index in [4.69, 9.17) is 11.6 Å². The topological polar surface area (TPSA) is 78.8 Å². The molecular formula is C23H22ClN3O3S. The average Bonchev–Trinajstić information content (AvgIpc) is 3.01. The number of nitrogens with one attached hydrogen (secondary N) is 1. The van der Waals surface area contributed by atoms with Crippen LogP contribution in [0.2, 0.25) is 5.02 Å². The molecule has 1 atom stereocenters. The van der Waals surface area contributed by atoms with Gasteiger partial charge in [-0.05, 0) is 49.7 Å². The number of carbonyl (C=O) groups is 3. The number of benzene rings is 2. The standard InChI is InChI=1S/C23H22ClN3O3S/c1-4-12-27-22(30)19(13-20(29)26-18-7-5-6-14(2)21(18)24)31-23(27)25-17-10-8-16(9-11-17)15(3)28/h4-11,19H,1,12-13H2,2-3H3,(H,26,29)/t19-/m0/s1. The number of hydrogen-bond donors (Lipinski definition) is 1. The van der Waals surface area contributed by atoms with Crippen molar-refractivity contribution in [1.29, 1.82) is 0 Å². The van der Waals surface area contributed by atoms with Crippen molar-refractivity contribution in [3.05, 3.63) is 71.3 Å². The van der Waals surface area contributed by atoms with Gasteiger partial charge in [-0.15, -0.1) is 6.58 Å². The molecule has 0 saturated carbocycles. The monoisotopic (exact) mass is 455 g/mol. The molecule has 1 fully saturated rings. The first kappa shape index (κ1) is 22.8. The van der Waals surface area contributed by atoms with Gasteiger partial charge in [0.2, 0.25) is 11.8 Å². The highest BCUT2D eigenvalue weighted by Gasteiger charge is 2.38. The third kappa shape index (κ3) is 5.42. The van der Waals surface area contributed by atoms with Gasteiger partial charge in [0.05, 0.1) is 16.4 Å². The molecule has 2 aromatic carbocycles. The van der Waals surface area contributed by atoms with Crippen LogP contribution in [0.15, 0.2) is 60.1 Å². The highest BCUT2D eigenvalue weighted by Crippen LogP contribution is 2.32. The molecule has 31 heavy (non-hydrogen) atoms. The Morgan fingerprint density at radius 2 is 1.97 bits per heavy atom. The SMILES string of the molecule is C=CCN1C(=O)[C@H](CC(=O)Nc2cccc(C)c2Cl)SC1=Nc1ccc(C(C)=O)cc1. The van der Waals surface area contributed by atoms with Crippen molar-refractivity contribution in [3.8, 4) is 0 Å². The van der Waals surface area contributed by atoms with Crippen LogP contribution < -0.4 is 5.32 Å². The maximum absolute atomic E-state index is 12.9. The Morgan fingerprint density at radius 1 is 1.26 bits per heavy atom. The second kappa shape index (κ2) is 9.94. The number of amidine groups is 1. The van der Waals surface area contributed by atoms with E-state index >= 15 is 0 Å². The lowest BCUT2D eigenvalue weighted by atomic mass is 10.1. The number of anilines is 1. The van der Waals surface area contributed by atoms with Crippen LogP contribution in [0, 0.1) is 6.92 Å². The average molecular weight is 456 g/mol. The van der Waals surface area contributed by atoms with Gasteiger partial charge in [0.1, 0.15) is 5.25 Å². The minimum Gasteiger partial charge on any atom is -0.325 e. The van der Waals surface area contributed by atoms with E-state index in [-0.39, 0.29) is 30.6 Å². The van der Waals surface area contributed by atoms with E-state index in [9.17, 15) is 14.4 Å². The van der Waals surface area contributed by atoms with E-state index in [2.05, 4.69) is 16.9 Å². The second-order valence-electron chi connectivity index (χ2n) is 7.03. The van der Waals surface area contributed by atoms with Crippen molar-refractivity contribution in [2.24, 2.45) is 4.99 Å². The van der Waals surface area contributed by atoms with Gasteiger partial charge < -0.3 is 5.32 Å². The molecule has 1 heterocycles. The van der Waals surface area contributed by atoms with Crippen LogP contribution in [0.5, 0.6) is 0 Å². The summed E-state index contributed by atoms with van der Waals surface area (Å²) in [5.41, 5.74) is 2.58. The van der Waals surface area contributed by atoms with Gasteiger partial charge in [0.25, 0.3) is 0 Å². The molecule has 0 bridgehead atoms. The molecular weight excluding hydrogens is 434 g/mol. The zero-order chi connectivity index (χ0) is 22.5. The minimum absolute atomic E-state index is 0.0102. The van der Waals surface area contributed by atoms with Crippen molar-refractivity contribution in [1.82, 2.24) is 4.90 Å². The molecule has 0 unspecified atom stereocenters. The molecule has 1 N–H and O–H groups in total. The Balaban J connectivity index is 1.75. The lowest BCUT2D eigenvalue weighted by Crippen LogP contribution is -2.33. The fraction of sp³-hybridized carbons (Fsp3) is 0.217. The van der Waals surface area contributed by atoms with Crippen molar-refractivity contribution in [2.45, 2.75) is 25.5 Å². The predicted molar refractivity (Wildman–Crippen MR) is 126 cm³/mol. The molecule has 3 rings (SSSR count). The molecule has 2 amide bonds. The highest BCUT2D eigenvalue weighted by atomic mass is 35.5. The summed E-state index contributed by atoms with van der Waals surface area (Å²) in [7, 11) is 0. The van der Waals surface area contributed by atoms with Gasteiger partial charge in [0.15, 0.2) is 11.0 Å². The van der Waals surface area contributed by atoms with Crippen molar-refractivity contribution < 1.29 is 14.4 Å². The van der Waals surface area contributed by atoms with E-state index in [1.54, 1.807) is 42.5 Å². The molecule has 8 heteroatoms. The number of ketones is 1. The number of thioether (sulfide) groups is 1. The van der Waals surface area contributed by atoms with E-state index in [1.807, 2.05) is 13.0 Å². The van der Waals surface area contributed by atoms with Gasteiger partial charge in [-0.3, -0.25) is 19.3 Å². The quantitative estimate of drug-likeness (QED) is 0.470. The number of amides is 2. The summed E-state index contributed by atoms with van der Waals surface area (Å²) >= 11 is 7.48. The number of aryl methyl sites for hydroxylation is 1. The number of rotatable bonds is 7. The number of hydrogen-bond acceptors (Lipinski definition) is 5. The van der Waals surface area contributed by atoms with Crippen LogP contribution in [0.3, 0.4) is 0 Å². The maximum Gasteiger partial charge on any atom is 0.242 e. The second-order valence-corrected chi connectivity index (χ2v) is 8.58. The lowest BCUT2D eigenvalue weighted by Gasteiger charge is -2.14. The predicted octanol–water partition coefficient (Wildman–Crippen LogP) is 5.00. The first-order valence-corrected chi connectivity index (χ1v) is 10.9. The fourth-order valence-corrected chi connectivity index (χ4v) is 4.36. The third-order valence-electron chi connectivity index (χ3n) is 4.67. The van der Waals surface area contributed by atoms with Crippen LogP contribution in [-0.4, -0.2) is 39.5 Å². The largest absolute Gasteiger partial charge is 0.325 e. The van der Waals surface area contributed by atoms with Crippen molar-refractivity contribution >= 4 is 57.5 Å². The van der Waals surface area contributed by atoms with Gasteiger partial charge in [0, 0.05) is 18.5 Å². The zero-order valence-corrected chi connectivity index (χ0v) is 18.8. The van der Waals surface area contributed by atoms with Crippen LogP contribution in [0.25, 0.3) is 0 Å². The highest BCUT2D eigenvalue weighted by molar-refractivity contribution is 8.15. The molecule has 160 valence electrons. The molecule has 0 spiro atoms. The summed E-state index contributed by atoms with van der Waals surface area (Å²) in [5, 5.41) is 3.15. The van der Waals surface area contributed by atoms with E-state index in [0.29, 0.717) is 27.1 Å². The Hall–Kier alpha value is -2.90. The van der Waals surface area contributed by atoms with E-state index in [0.717, 1.165) is 5.56 Å². The summed E-state index contributed by atoms with van der Waals surface area (Å²) in [6, 6.07) is 12.2. The Bertz CT molecular complexity index is 1070. The van der Waals surface area contributed by atoms with Gasteiger partial charge in [-0.1, -0.05) is 41.6 Å². The summed E-state index contributed by atoms with van der Waals surface area (Å²) in [6.07, 6.45) is 1.60. The molecule has 0 aliphatic carbocycles. The van der Waals surface area contributed by atoms with Crippen molar-refractivity contribution in [3.63, 3.8) is 0 Å². The number of carbonyl (C=O) groups excluding carboxylic acids is 3. The first-order valence-electron chi connectivity index (χ1n) is 9.63. The molecule has 0 radical (unpaired) electrons. The molecule has 2 aromatic rings. The summed E-state index contributed by atoms with van der Waals surface area (Å²) in [6.45, 7) is 7.34. The number of nitrogens with zero attached hydrogens (tertiary/aromatic N) is 2. The summed E-state index contributed by atoms with van der Waals surface area (Å²) < 4.78 is 0. The Morgan fingerprint density at radius 3 is 2.61 bits per heavy atom. The minimum atomic E-state index is -0.598. The fourth-order valence-electron chi connectivity index (χ4n) is 3.02. The first-order chi connectivity index (χ1) is 14.8. The molecule has 1 aliphatic rings. The molecule has 6 nitrogen and oxygen atoms in total. The Kier molecular flexibility index (Phi) is 7.30. The third-order valence-corrected chi connectivity index (χ3v) is 6.34. The van der Waals surface area contributed by atoms with Crippen LogP contribution >= 0.6 is 23.4 Å². The molecule has 1 aliphatic heterocycles. The van der Waals surface area contributed by atoms with Gasteiger partial charge >= 0.3 is 0 Å². The van der Waals surface area contributed by atoms with Crippen LogP contribution in [0.1, 0.15) is 29.3 Å². The zero-order valence-electron chi connectivity index (χ0n) is 17.2. The smallest absolute Gasteiger partial charge is 0.242 e. The Labute approximate surface area is 190 Å². The lowest BCUT2D eigenvalue weighted by molar-refractivity contribution is -0.127. The number of aliphatic imine (C=N–C) groups is 1. The summed E-state index contributed by atoms with van der Waals surface area (Å²) in [5.74, 6) is -0.531. The van der Waals surface area contributed by atoms with Crippen molar-refractivity contribution in [2.75, 3.05) is 11.9 Å².